The van der Waals surface area contributed by atoms with Crippen LogP contribution in [0.4, 0.5) is 4.39 Å². The molecule has 0 atom stereocenters. The summed E-state index contributed by atoms with van der Waals surface area (Å²) < 4.78 is 20.1. The van der Waals surface area contributed by atoms with Crippen molar-refractivity contribution in [2.24, 2.45) is 0 Å². The van der Waals surface area contributed by atoms with Gasteiger partial charge in [0.2, 0.25) is 5.91 Å². The Hall–Kier alpha value is -2.87. The summed E-state index contributed by atoms with van der Waals surface area (Å²) in [5.41, 5.74) is 0.745. The minimum atomic E-state index is -0.314. The highest BCUT2D eigenvalue weighted by Gasteiger charge is 2.15. The van der Waals surface area contributed by atoms with Crippen molar-refractivity contribution in [3.63, 3.8) is 0 Å². The van der Waals surface area contributed by atoms with Gasteiger partial charge in [0.05, 0.1) is 18.6 Å². The van der Waals surface area contributed by atoms with E-state index in [4.69, 9.17) is 4.42 Å². The van der Waals surface area contributed by atoms with Crippen molar-refractivity contribution in [3.05, 3.63) is 66.9 Å². The standard InChI is InChI=1S/C18H17FN4O2S/c1-2-9-23-17(13-5-7-14(19)8-6-13)21-22-18(23)26-12-16(24)20-11-15-4-3-10-25-15/h2-8,10H,1,9,11-12H2,(H,20,24). The van der Waals surface area contributed by atoms with E-state index >= 15 is 0 Å². The average Bonchev–Trinajstić information content (AvgIpc) is 3.29. The first-order chi connectivity index (χ1) is 12.7. The van der Waals surface area contributed by atoms with E-state index in [9.17, 15) is 9.18 Å². The molecule has 0 spiro atoms. The van der Waals surface area contributed by atoms with E-state index < -0.39 is 0 Å². The molecule has 0 aliphatic carbocycles. The molecule has 6 nitrogen and oxygen atoms in total. The number of hydrogen-bond donors (Lipinski definition) is 1. The molecular weight excluding hydrogens is 355 g/mol. The third-order valence-electron chi connectivity index (χ3n) is 3.50. The molecule has 0 unspecified atom stereocenters. The molecular formula is C18H17FN4O2S. The molecule has 1 amide bonds. The highest BCUT2D eigenvalue weighted by atomic mass is 32.2. The Morgan fingerprint density at radius 1 is 1.31 bits per heavy atom. The van der Waals surface area contributed by atoms with Gasteiger partial charge in [0.1, 0.15) is 11.6 Å². The molecule has 0 saturated heterocycles. The predicted octanol–water partition coefficient (Wildman–Crippen LogP) is 3.27. The number of amides is 1. The van der Waals surface area contributed by atoms with E-state index in [2.05, 4.69) is 22.1 Å². The van der Waals surface area contributed by atoms with Gasteiger partial charge in [-0.2, -0.15) is 0 Å². The lowest BCUT2D eigenvalue weighted by atomic mass is 10.2. The number of carbonyl (C=O) groups is 1. The second kappa shape index (κ2) is 8.48. The normalized spacial score (nSPS) is 10.7. The fraction of sp³-hybridized carbons (Fsp3) is 0.167. The van der Waals surface area contributed by atoms with Crippen molar-refractivity contribution in [3.8, 4) is 11.4 Å². The van der Waals surface area contributed by atoms with Gasteiger partial charge in [0, 0.05) is 12.1 Å². The van der Waals surface area contributed by atoms with Crippen LogP contribution in [0, 0.1) is 5.82 Å². The number of aromatic nitrogens is 3. The van der Waals surface area contributed by atoms with Crippen molar-refractivity contribution >= 4 is 17.7 Å². The highest BCUT2D eigenvalue weighted by molar-refractivity contribution is 7.99. The number of halogens is 1. The van der Waals surface area contributed by atoms with Gasteiger partial charge < -0.3 is 9.73 Å². The van der Waals surface area contributed by atoms with Crippen molar-refractivity contribution in [1.29, 1.82) is 0 Å². The molecule has 8 heteroatoms. The third kappa shape index (κ3) is 4.40. The summed E-state index contributed by atoms with van der Waals surface area (Å²) in [5.74, 6) is 1.04. The van der Waals surface area contributed by atoms with Gasteiger partial charge >= 0.3 is 0 Å². The number of nitrogens with zero attached hydrogens (tertiary/aromatic N) is 3. The van der Waals surface area contributed by atoms with E-state index in [-0.39, 0.29) is 17.5 Å². The number of benzene rings is 1. The Kier molecular flexibility index (Phi) is 5.85. The topological polar surface area (TPSA) is 73.0 Å². The Morgan fingerprint density at radius 3 is 2.81 bits per heavy atom. The quantitative estimate of drug-likeness (QED) is 0.485. The molecule has 0 fully saturated rings. The van der Waals surface area contributed by atoms with Crippen LogP contribution in [0.2, 0.25) is 0 Å². The Bertz CT molecular complexity index is 875. The molecule has 2 aromatic heterocycles. The first-order valence-electron chi connectivity index (χ1n) is 7.89. The zero-order valence-corrected chi connectivity index (χ0v) is 14.7. The van der Waals surface area contributed by atoms with E-state index in [1.165, 1.54) is 23.9 Å². The molecule has 0 bridgehead atoms. The van der Waals surface area contributed by atoms with Crippen LogP contribution in [-0.4, -0.2) is 26.4 Å². The van der Waals surface area contributed by atoms with Crippen LogP contribution in [0.5, 0.6) is 0 Å². The van der Waals surface area contributed by atoms with Crippen molar-refractivity contribution in [2.45, 2.75) is 18.2 Å². The number of nitrogens with one attached hydrogen (secondary N) is 1. The van der Waals surface area contributed by atoms with Crippen LogP contribution in [-0.2, 0) is 17.9 Å². The van der Waals surface area contributed by atoms with Gasteiger partial charge in [-0.3, -0.25) is 9.36 Å². The Morgan fingerprint density at radius 2 is 2.12 bits per heavy atom. The minimum Gasteiger partial charge on any atom is -0.467 e. The lowest BCUT2D eigenvalue weighted by molar-refractivity contribution is -0.118. The first-order valence-corrected chi connectivity index (χ1v) is 8.88. The third-order valence-corrected chi connectivity index (χ3v) is 4.47. The lowest BCUT2D eigenvalue weighted by Gasteiger charge is -2.08. The summed E-state index contributed by atoms with van der Waals surface area (Å²) in [6, 6.07) is 9.59. The summed E-state index contributed by atoms with van der Waals surface area (Å²) in [4.78, 5) is 12.0. The number of carbonyl (C=O) groups excluding carboxylic acids is 1. The summed E-state index contributed by atoms with van der Waals surface area (Å²) in [6.45, 7) is 4.57. The van der Waals surface area contributed by atoms with Gasteiger partial charge in [-0.1, -0.05) is 17.8 Å². The zero-order chi connectivity index (χ0) is 18.4. The molecule has 3 rings (SSSR count). The van der Waals surface area contributed by atoms with Crippen LogP contribution in [0.15, 0.2) is 64.9 Å². The molecule has 26 heavy (non-hydrogen) atoms. The molecule has 2 heterocycles. The summed E-state index contributed by atoms with van der Waals surface area (Å²) in [5, 5.41) is 11.7. The zero-order valence-electron chi connectivity index (χ0n) is 13.9. The largest absolute Gasteiger partial charge is 0.467 e. The van der Waals surface area contributed by atoms with Crippen molar-refractivity contribution in [1.82, 2.24) is 20.1 Å². The van der Waals surface area contributed by atoms with E-state index in [1.54, 1.807) is 36.6 Å². The summed E-state index contributed by atoms with van der Waals surface area (Å²) in [6.07, 6.45) is 3.28. The van der Waals surface area contributed by atoms with Gasteiger partial charge in [0.15, 0.2) is 11.0 Å². The van der Waals surface area contributed by atoms with Crippen molar-refractivity contribution in [2.75, 3.05) is 5.75 Å². The Labute approximate surface area is 154 Å². The lowest BCUT2D eigenvalue weighted by Crippen LogP contribution is -2.24. The maximum absolute atomic E-state index is 13.1. The molecule has 1 aromatic carbocycles. The highest BCUT2D eigenvalue weighted by Crippen LogP contribution is 2.24. The molecule has 0 radical (unpaired) electrons. The van der Waals surface area contributed by atoms with Gasteiger partial charge in [-0.25, -0.2) is 4.39 Å². The molecule has 0 aliphatic heterocycles. The monoisotopic (exact) mass is 372 g/mol. The van der Waals surface area contributed by atoms with E-state index in [1.807, 2.05) is 4.57 Å². The SMILES string of the molecule is C=CCn1c(SCC(=O)NCc2ccco2)nnc1-c1ccc(F)cc1. The van der Waals surface area contributed by atoms with Gasteiger partial charge in [0.25, 0.3) is 0 Å². The maximum atomic E-state index is 13.1. The summed E-state index contributed by atoms with van der Waals surface area (Å²) in [7, 11) is 0. The predicted molar refractivity (Wildman–Crippen MR) is 96.9 cm³/mol. The average molecular weight is 372 g/mol. The Balaban J connectivity index is 1.66. The second-order valence-electron chi connectivity index (χ2n) is 5.36. The fourth-order valence-corrected chi connectivity index (χ4v) is 3.06. The molecule has 0 saturated carbocycles. The van der Waals surface area contributed by atoms with Crippen molar-refractivity contribution < 1.29 is 13.6 Å². The number of rotatable bonds is 8. The van der Waals surface area contributed by atoms with Gasteiger partial charge in [-0.05, 0) is 36.4 Å². The van der Waals surface area contributed by atoms with Crippen LogP contribution >= 0.6 is 11.8 Å². The first kappa shape index (κ1) is 17.9. The molecule has 1 N–H and O–H groups in total. The summed E-state index contributed by atoms with van der Waals surface area (Å²) >= 11 is 1.28. The fourth-order valence-electron chi connectivity index (χ4n) is 2.28. The number of allylic oxidation sites excluding steroid dienone is 1. The van der Waals surface area contributed by atoms with E-state index in [0.29, 0.717) is 29.8 Å². The molecule has 0 aliphatic rings. The number of hydrogen-bond acceptors (Lipinski definition) is 5. The number of furan rings is 1. The smallest absolute Gasteiger partial charge is 0.230 e. The maximum Gasteiger partial charge on any atom is 0.230 e. The van der Waals surface area contributed by atoms with Crippen LogP contribution in [0.1, 0.15) is 5.76 Å². The van der Waals surface area contributed by atoms with Crippen LogP contribution < -0.4 is 5.32 Å². The van der Waals surface area contributed by atoms with Crippen LogP contribution in [0.3, 0.4) is 0 Å². The van der Waals surface area contributed by atoms with Crippen LogP contribution in [0.25, 0.3) is 11.4 Å². The van der Waals surface area contributed by atoms with E-state index in [0.717, 1.165) is 5.56 Å². The van der Waals surface area contributed by atoms with Gasteiger partial charge in [-0.15, -0.1) is 16.8 Å². The second-order valence-corrected chi connectivity index (χ2v) is 6.30. The molecule has 134 valence electrons. The number of thioether (sulfide) groups is 1. The molecule has 3 aromatic rings. The minimum absolute atomic E-state index is 0.136.